The third-order valence-corrected chi connectivity index (χ3v) is 3.02. The number of hydrogen-bond acceptors (Lipinski definition) is 2. The van der Waals surface area contributed by atoms with Crippen LogP contribution in [0, 0.1) is 0 Å². The first kappa shape index (κ1) is 10.5. The van der Waals surface area contributed by atoms with Crippen molar-refractivity contribution in [2.75, 3.05) is 18.8 Å². The Morgan fingerprint density at radius 3 is 3.13 bits per heavy atom. The molecule has 2 nitrogen and oxygen atoms in total. The minimum Gasteiger partial charge on any atom is -0.398 e. The maximum atomic E-state index is 5.96. The molecule has 0 amide bonds. The van der Waals surface area contributed by atoms with E-state index in [2.05, 4.69) is 11.0 Å². The van der Waals surface area contributed by atoms with Crippen LogP contribution in [0.1, 0.15) is 11.1 Å². The highest BCUT2D eigenvalue weighted by Crippen LogP contribution is 2.23. The highest BCUT2D eigenvalue weighted by molar-refractivity contribution is 6.25. The molecule has 0 saturated heterocycles. The van der Waals surface area contributed by atoms with Gasteiger partial charge in [-0.1, -0.05) is 29.8 Å². The first-order valence-corrected chi connectivity index (χ1v) is 5.58. The van der Waals surface area contributed by atoms with Gasteiger partial charge in [0.25, 0.3) is 0 Å². The molecule has 0 atom stereocenters. The molecule has 1 aliphatic heterocycles. The standard InChI is InChI=1S/C12H15ClN2/c13-6-2-7-15-8-5-10-3-1-4-12(14)11(10)9-15/h1-4,6H,5,7-9,14H2/b6-2+. The van der Waals surface area contributed by atoms with Crippen molar-refractivity contribution in [2.45, 2.75) is 13.0 Å². The normalized spacial score (nSPS) is 16.9. The highest BCUT2D eigenvalue weighted by atomic mass is 35.5. The summed E-state index contributed by atoms with van der Waals surface area (Å²) in [5.74, 6) is 0. The molecule has 0 bridgehead atoms. The van der Waals surface area contributed by atoms with Crippen molar-refractivity contribution in [3.8, 4) is 0 Å². The molecule has 0 saturated carbocycles. The lowest BCUT2D eigenvalue weighted by atomic mass is 9.98. The summed E-state index contributed by atoms with van der Waals surface area (Å²) in [4.78, 5) is 2.34. The van der Waals surface area contributed by atoms with Crippen molar-refractivity contribution in [1.82, 2.24) is 4.90 Å². The molecule has 0 spiro atoms. The van der Waals surface area contributed by atoms with Gasteiger partial charge < -0.3 is 5.73 Å². The van der Waals surface area contributed by atoms with Gasteiger partial charge in [-0.25, -0.2) is 0 Å². The zero-order chi connectivity index (χ0) is 10.7. The number of rotatable bonds is 2. The van der Waals surface area contributed by atoms with Crippen molar-refractivity contribution in [1.29, 1.82) is 0 Å². The third-order valence-electron chi connectivity index (χ3n) is 2.84. The molecular weight excluding hydrogens is 208 g/mol. The summed E-state index contributed by atoms with van der Waals surface area (Å²) in [5.41, 5.74) is 11.1. The average Bonchev–Trinajstić information content (AvgIpc) is 2.27. The molecule has 80 valence electrons. The van der Waals surface area contributed by atoms with Crippen LogP contribution in [0.5, 0.6) is 0 Å². The number of hydrogen-bond donors (Lipinski definition) is 1. The molecule has 1 heterocycles. The predicted molar refractivity (Wildman–Crippen MR) is 64.8 cm³/mol. The van der Waals surface area contributed by atoms with Crippen molar-refractivity contribution < 1.29 is 0 Å². The molecule has 1 aliphatic rings. The van der Waals surface area contributed by atoms with E-state index in [4.69, 9.17) is 17.3 Å². The lowest BCUT2D eigenvalue weighted by Crippen LogP contribution is -2.31. The summed E-state index contributed by atoms with van der Waals surface area (Å²) in [6, 6.07) is 6.17. The highest BCUT2D eigenvalue weighted by Gasteiger charge is 2.16. The Labute approximate surface area is 95.3 Å². The summed E-state index contributed by atoms with van der Waals surface area (Å²) >= 11 is 5.52. The van der Waals surface area contributed by atoms with E-state index in [0.717, 1.165) is 31.7 Å². The van der Waals surface area contributed by atoms with E-state index in [9.17, 15) is 0 Å². The molecule has 0 radical (unpaired) electrons. The Morgan fingerprint density at radius 1 is 1.47 bits per heavy atom. The quantitative estimate of drug-likeness (QED) is 0.779. The molecular formula is C12H15ClN2. The lowest BCUT2D eigenvalue weighted by Gasteiger charge is -2.28. The number of fused-ring (bicyclic) bond motifs is 1. The molecule has 0 unspecified atom stereocenters. The molecule has 0 aromatic heterocycles. The van der Waals surface area contributed by atoms with Gasteiger partial charge in [0.05, 0.1) is 0 Å². The van der Waals surface area contributed by atoms with Gasteiger partial charge >= 0.3 is 0 Å². The molecule has 2 rings (SSSR count). The van der Waals surface area contributed by atoms with Gasteiger partial charge in [0, 0.05) is 30.9 Å². The molecule has 0 fully saturated rings. The van der Waals surface area contributed by atoms with E-state index in [1.165, 1.54) is 11.1 Å². The fourth-order valence-electron chi connectivity index (χ4n) is 2.01. The summed E-state index contributed by atoms with van der Waals surface area (Å²) in [6.07, 6.45) is 3.04. The Morgan fingerprint density at radius 2 is 2.33 bits per heavy atom. The second-order valence-electron chi connectivity index (χ2n) is 3.83. The van der Waals surface area contributed by atoms with Gasteiger partial charge in [0.1, 0.15) is 0 Å². The van der Waals surface area contributed by atoms with Crippen molar-refractivity contribution in [3.63, 3.8) is 0 Å². The first-order chi connectivity index (χ1) is 7.31. The van der Waals surface area contributed by atoms with Crippen LogP contribution >= 0.6 is 11.6 Å². The maximum Gasteiger partial charge on any atom is 0.0362 e. The van der Waals surface area contributed by atoms with E-state index in [0.29, 0.717) is 0 Å². The topological polar surface area (TPSA) is 29.3 Å². The van der Waals surface area contributed by atoms with E-state index in [-0.39, 0.29) is 0 Å². The summed E-state index contributed by atoms with van der Waals surface area (Å²) < 4.78 is 0. The zero-order valence-electron chi connectivity index (χ0n) is 8.62. The van der Waals surface area contributed by atoms with E-state index in [1.807, 2.05) is 18.2 Å². The fourth-order valence-corrected chi connectivity index (χ4v) is 2.09. The summed E-state index contributed by atoms with van der Waals surface area (Å²) in [5, 5.41) is 0. The largest absolute Gasteiger partial charge is 0.398 e. The van der Waals surface area contributed by atoms with Crippen LogP contribution in [0.2, 0.25) is 0 Å². The minimum atomic E-state index is 0.900. The number of nitrogens with two attached hydrogens (primary N) is 1. The van der Waals surface area contributed by atoms with E-state index < -0.39 is 0 Å². The van der Waals surface area contributed by atoms with Crippen molar-refractivity contribution >= 4 is 17.3 Å². The lowest BCUT2D eigenvalue weighted by molar-refractivity contribution is 0.282. The number of benzene rings is 1. The number of nitrogen functional groups attached to an aromatic ring is 1. The predicted octanol–water partition coefficient (Wildman–Crippen LogP) is 2.38. The van der Waals surface area contributed by atoms with Gasteiger partial charge in [0.15, 0.2) is 0 Å². The monoisotopic (exact) mass is 222 g/mol. The van der Waals surface area contributed by atoms with E-state index in [1.54, 1.807) is 5.54 Å². The zero-order valence-corrected chi connectivity index (χ0v) is 9.37. The number of halogens is 1. The smallest absolute Gasteiger partial charge is 0.0362 e. The second kappa shape index (κ2) is 4.69. The minimum absolute atomic E-state index is 0.900. The van der Waals surface area contributed by atoms with Crippen molar-refractivity contribution in [3.05, 3.63) is 40.9 Å². The summed E-state index contributed by atoms with van der Waals surface area (Å²) in [7, 11) is 0. The van der Waals surface area contributed by atoms with Crippen LogP contribution in [-0.4, -0.2) is 18.0 Å². The van der Waals surface area contributed by atoms with Crippen LogP contribution in [0.3, 0.4) is 0 Å². The van der Waals surface area contributed by atoms with Gasteiger partial charge in [-0.05, 0) is 23.6 Å². The molecule has 3 heteroatoms. The SMILES string of the molecule is Nc1cccc2c1CN(C/C=C/Cl)CC2. The Bertz CT molecular complexity index is 374. The molecule has 1 aromatic carbocycles. The molecule has 15 heavy (non-hydrogen) atoms. The number of nitrogens with zero attached hydrogens (tertiary/aromatic N) is 1. The Kier molecular flexibility index (Phi) is 3.29. The Balaban J connectivity index is 2.15. The average molecular weight is 223 g/mol. The first-order valence-electron chi connectivity index (χ1n) is 5.15. The van der Waals surface area contributed by atoms with Crippen molar-refractivity contribution in [2.24, 2.45) is 0 Å². The van der Waals surface area contributed by atoms with Gasteiger partial charge in [-0.2, -0.15) is 0 Å². The summed E-state index contributed by atoms with van der Waals surface area (Å²) in [6.45, 7) is 2.91. The van der Waals surface area contributed by atoms with Gasteiger partial charge in [-0.15, -0.1) is 0 Å². The van der Waals surface area contributed by atoms with Crippen LogP contribution in [0.15, 0.2) is 29.8 Å². The fraction of sp³-hybridized carbons (Fsp3) is 0.333. The maximum absolute atomic E-state index is 5.96. The van der Waals surface area contributed by atoms with Crippen LogP contribution < -0.4 is 5.73 Å². The molecule has 1 aromatic rings. The van der Waals surface area contributed by atoms with Crippen LogP contribution in [-0.2, 0) is 13.0 Å². The third kappa shape index (κ3) is 2.33. The molecule has 0 aliphatic carbocycles. The second-order valence-corrected chi connectivity index (χ2v) is 4.08. The number of anilines is 1. The van der Waals surface area contributed by atoms with Gasteiger partial charge in [-0.3, -0.25) is 4.90 Å². The van der Waals surface area contributed by atoms with Crippen LogP contribution in [0.25, 0.3) is 0 Å². The van der Waals surface area contributed by atoms with Gasteiger partial charge in [0.2, 0.25) is 0 Å². The van der Waals surface area contributed by atoms with E-state index >= 15 is 0 Å². The van der Waals surface area contributed by atoms with Crippen LogP contribution in [0.4, 0.5) is 5.69 Å². The Hall–Kier alpha value is -0.990. The molecule has 2 N–H and O–H groups in total.